The maximum Gasteiger partial charge on any atom is 0.0689 e. The van der Waals surface area contributed by atoms with Crippen molar-refractivity contribution in [3.8, 4) is 0 Å². The van der Waals surface area contributed by atoms with Gasteiger partial charge >= 0.3 is 0 Å². The van der Waals surface area contributed by atoms with Crippen LogP contribution in [0, 0.1) is 15.3 Å². The third kappa shape index (κ3) is 34800000. The van der Waals surface area contributed by atoms with E-state index in [1.54, 1.807) is 0 Å². The first-order valence-electron chi connectivity index (χ1n) is 0.548. The van der Waals surface area contributed by atoms with Crippen molar-refractivity contribution in [2.45, 2.75) is 0 Å². The van der Waals surface area contributed by atoms with E-state index in [-0.39, 0.29) is 43.7 Å². The second-order valence-electron chi connectivity index (χ2n) is 0.224. The second kappa shape index (κ2) is 28.0. The molecule has 0 unspecified atom stereocenters. The van der Waals surface area contributed by atoms with Crippen molar-refractivity contribution in [2.75, 3.05) is 0 Å². The van der Waals surface area contributed by atoms with Crippen molar-refractivity contribution in [1.29, 1.82) is 0 Å². The Labute approximate surface area is 64.5 Å². The average Bonchev–Trinajstić information content (AvgIpc) is 0.811. The Bertz CT molecular complexity index is 31.5. The monoisotopic (exact) mass is 321 g/mol. The summed E-state index contributed by atoms with van der Waals surface area (Å²) in [4.78, 5) is 8.25. The molecule has 0 aromatic rings. The largest absolute Gasteiger partial charge is 0.412 e. The van der Waals surface area contributed by atoms with Gasteiger partial charge in [-0.15, -0.1) is 0 Å². The van der Waals surface area contributed by atoms with E-state index in [0.717, 1.165) is 0 Å². The minimum atomic E-state index is -1.75. The van der Waals surface area contributed by atoms with Crippen LogP contribution in [-0.2, 0) is 0 Å². The van der Waals surface area contributed by atoms with Crippen LogP contribution in [0.5, 0.6) is 0 Å². The molecule has 0 rings (SSSR count). The molecule has 0 atom stereocenters. The molecule has 0 aliphatic carbocycles. The summed E-state index contributed by atoms with van der Waals surface area (Å²) in [6.45, 7) is 0. The van der Waals surface area contributed by atoms with Crippen LogP contribution in [0.2, 0.25) is 0 Å². The summed E-state index contributed by atoms with van der Waals surface area (Å²) in [5.41, 5.74) is 0. The maximum absolute atomic E-state index is 8.25. The molecule has 0 aliphatic heterocycles. The van der Waals surface area contributed by atoms with Gasteiger partial charge in [-0.1, -0.05) is 0 Å². The van der Waals surface area contributed by atoms with Crippen molar-refractivity contribution in [1.82, 2.24) is 0 Å². The first-order valence-corrected chi connectivity index (χ1v) is 0.548. The molecule has 1 radical (unpaired) electrons. The van der Waals surface area contributed by atoms with Gasteiger partial charge in [0.1, 0.15) is 0 Å². The van der Waals surface area contributed by atoms with E-state index in [2.05, 4.69) is 0 Å². The van der Waals surface area contributed by atoms with Crippen LogP contribution in [0.15, 0.2) is 0 Å². The number of hydrogen-bond acceptors (Lipinski definition) is 3. The van der Waals surface area contributed by atoms with Gasteiger partial charge < -0.3 is 31.8 Å². The Morgan fingerprint density at radius 3 is 1.00 bits per heavy atom. The fourth-order valence-corrected chi connectivity index (χ4v) is 0. The molecule has 0 aromatic carbocycles. The molecule has 7 nitrogen and oxygen atoms in total. The van der Waals surface area contributed by atoms with Crippen LogP contribution < -0.4 is 0 Å². The van der Waals surface area contributed by atoms with Gasteiger partial charge in [0, 0.05) is 27.3 Å². The zero-order valence-corrected chi connectivity index (χ0v) is 8.24. The fourth-order valence-electron chi connectivity index (χ4n) is 0. The van der Waals surface area contributed by atoms with Crippen molar-refractivity contribution in [3.05, 3.63) is 15.3 Å². The van der Waals surface area contributed by atoms with Crippen LogP contribution in [0.4, 0.5) is 0 Å². The molecule has 0 saturated carbocycles. The summed E-state index contributed by atoms with van der Waals surface area (Å²) in [6.07, 6.45) is 0. The Kier molecular flexibility index (Phi) is 152. The molecule has 0 amide bonds. The standard InChI is InChI=1S/NO3.3H2O.Tl/c2-1(3)4;;;;/h;3*1H2;/q-1;;;;. The van der Waals surface area contributed by atoms with E-state index >= 15 is 0 Å². The van der Waals surface area contributed by atoms with Crippen LogP contribution >= 0.6 is 0 Å². The second-order valence-corrected chi connectivity index (χ2v) is 0.224. The Morgan fingerprint density at radius 1 is 1.00 bits per heavy atom. The molecule has 8 heteroatoms. The van der Waals surface area contributed by atoms with E-state index in [1.165, 1.54) is 0 Å². The Balaban J connectivity index is -0.00000000750. The average molecular weight is 320 g/mol. The molecule has 6 N–H and O–H groups in total. The van der Waals surface area contributed by atoms with Gasteiger partial charge in [0.2, 0.25) is 0 Å². The van der Waals surface area contributed by atoms with E-state index in [9.17, 15) is 0 Å². The van der Waals surface area contributed by atoms with Crippen LogP contribution in [0.3, 0.4) is 0 Å². The number of rotatable bonds is 0. The Morgan fingerprint density at radius 2 is 1.00 bits per heavy atom. The van der Waals surface area contributed by atoms with Gasteiger partial charge in [0.15, 0.2) is 0 Å². The van der Waals surface area contributed by atoms with Crippen molar-refractivity contribution < 1.29 is 21.5 Å². The molecule has 51 valence electrons. The Hall–Kier alpha value is 0.00208. The first kappa shape index (κ1) is 43.5. The zero-order chi connectivity index (χ0) is 3.58. The molecule has 0 spiro atoms. The first-order chi connectivity index (χ1) is 1.73. The molecule has 0 heterocycles. The smallest absolute Gasteiger partial charge is 0.0689 e. The van der Waals surface area contributed by atoms with E-state index in [4.69, 9.17) is 15.3 Å². The van der Waals surface area contributed by atoms with Gasteiger partial charge in [0.05, 0.1) is 5.09 Å². The van der Waals surface area contributed by atoms with Crippen molar-refractivity contribution >= 4 is 27.3 Å². The predicted molar refractivity (Wildman–Crippen MR) is 27.0 cm³/mol. The van der Waals surface area contributed by atoms with E-state index in [0.29, 0.717) is 0 Å². The normalized spacial score (nSPS) is 3.00. The molecule has 0 aliphatic rings. The van der Waals surface area contributed by atoms with Crippen molar-refractivity contribution in [3.63, 3.8) is 0 Å². The van der Waals surface area contributed by atoms with Gasteiger partial charge in [-0.3, -0.25) is 0 Å². The third-order valence-corrected chi connectivity index (χ3v) is 0. The van der Waals surface area contributed by atoms with Gasteiger partial charge in [-0.2, -0.15) is 0 Å². The molecule has 0 aromatic heterocycles. The third-order valence-electron chi connectivity index (χ3n) is 0. The van der Waals surface area contributed by atoms with Gasteiger partial charge in [-0.05, 0) is 0 Å². The predicted octanol–water partition coefficient (Wildman–Crippen LogP) is -3.09. The summed E-state index contributed by atoms with van der Waals surface area (Å²) in [5, 5.41) is 14.8. The van der Waals surface area contributed by atoms with E-state index < -0.39 is 5.09 Å². The summed E-state index contributed by atoms with van der Waals surface area (Å²) < 4.78 is 0. The van der Waals surface area contributed by atoms with E-state index in [1.807, 2.05) is 0 Å². The SMILES string of the molecule is O.O.O.O=[N+]([O-])[O-].[Tl]. The number of nitrogens with zero attached hydrogens (tertiary/aromatic N) is 1. The van der Waals surface area contributed by atoms with Crippen LogP contribution in [-0.4, -0.2) is 48.8 Å². The minimum absolute atomic E-state index is 0. The zero-order valence-electron chi connectivity index (χ0n) is 3.75. The summed E-state index contributed by atoms with van der Waals surface area (Å²) in [6, 6.07) is 0. The molecule has 0 fully saturated rings. The summed E-state index contributed by atoms with van der Waals surface area (Å²) in [5.74, 6) is 0. The summed E-state index contributed by atoms with van der Waals surface area (Å²) >= 11 is 0. The summed E-state index contributed by atoms with van der Waals surface area (Å²) in [7, 11) is 0. The fraction of sp³-hybridized carbons (Fsp3) is 0. The molecule has 0 saturated heterocycles. The molecular formula is H6NO6Tl-. The topological polar surface area (TPSA) is 161 Å². The van der Waals surface area contributed by atoms with Gasteiger partial charge in [0.25, 0.3) is 0 Å². The van der Waals surface area contributed by atoms with Crippen LogP contribution in [0.25, 0.3) is 0 Å². The molecule has 0 bridgehead atoms. The van der Waals surface area contributed by atoms with Crippen molar-refractivity contribution in [2.24, 2.45) is 0 Å². The molecule has 8 heavy (non-hydrogen) atoms. The number of hydrogen-bond donors (Lipinski definition) is 0. The minimum Gasteiger partial charge on any atom is -0.412 e. The quantitative estimate of drug-likeness (QED) is 0.263. The van der Waals surface area contributed by atoms with Gasteiger partial charge in [-0.25, -0.2) is 0 Å². The van der Waals surface area contributed by atoms with Crippen LogP contribution in [0.1, 0.15) is 0 Å². The maximum atomic E-state index is 8.25. The molecular weight excluding hydrogens is 314 g/mol.